The number of aromatic amines is 1. The van der Waals surface area contributed by atoms with Crippen molar-refractivity contribution in [2.75, 3.05) is 0 Å². The van der Waals surface area contributed by atoms with Crippen molar-refractivity contribution in [1.29, 1.82) is 0 Å². The summed E-state index contributed by atoms with van der Waals surface area (Å²) < 4.78 is 5.95. The molecule has 3 nitrogen and oxygen atoms in total. The first-order valence-corrected chi connectivity index (χ1v) is 12.0. The van der Waals surface area contributed by atoms with Gasteiger partial charge in [-0.2, -0.15) is 0 Å². The van der Waals surface area contributed by atoms with E-state index < -0.39 is 0 Å². The van der Waals surface area contributed by atoms with Crippen LogP contribution in [0.5, 0.6) is 0 Å². The van der Waals surface area contributed by atoms with Gasteiger partial charge in [-0.15, -0.1) is 0 Å². The second kappa shape index (κ2) is 10.5. The first kappa shape index (κ1) is 22.1. The lowest BCUT2D eigenvalue weighted by Gasteiger charge is -2.23. The van der Waals surface area contributed by atoms with Gasteiger partial charge in [0.25, 0.3) is 0 Å². The van der Waals surface area contributed by atoms with E-state index in [4.69, 9.17) is 4.42 Å². The molecule has 166 valence electrons. The van der Waals surface area contributed by atoms with E-state index in [2.05, 4.69) is 49.3 Å². The van der Waals surface area contributed by atoms with Crippen molar-refractivity contribution in [3.63, 3.8) is 0 Å². The number of nitrogens with one attached hydrogen (secondary N) is 1. The van der Waals surface area contributed by atoms with Gasteiger partial charge in [0.1, 0.15) is 5.76 Å². The molecule has 0 spiro atoms. The van der Waals surface area contributed by atoms with Crippen LogP contribution in [0, 0.1) is 0 Å². The number of benzene rings is 2. The van der Waals surface area contributed by atoms with Crippen molar-refractivity contribution in [1.82, 2.24) is 4.98 Å². The highest BCUT2D eigenvalue weighted by Crippen LogP contribution is 2.41. The molecule has 0 amide bonds. The lowest BCUT2D eigenvalue weighted by molar-refractivity contribution is 0.506. The molecule has 1 N–H and O–H groups in total. The number of para-hydroxylation sites is 1. The Morgan fingerprint density at radius 2 is 1.66 bits per heavy atom. The van der Waals surface area contributed by atoms with Crippen LogP contribution in [-0.2, 0) is 6.42 Å². The molecule has 32 heavy (non-hydrogen) atoms. The van der Waals surface area contributed by atoms with Crippen molar-refractivity contribution in [2.24, 2.45) is 0 Å². The monoisotopic (exact) mass is 427 g/mol. The maximum absolute atomic E-state index is 12.6. The number of unbranched alkanes of at least 4 members (excludes halogenated alkanes) is 3. The van der Waals surface area contributed by atoms with E-state index in [1.54, 1.807) is 6.07 Å². The average molecular weight is 428 g/mol. The smallest absolute Gasteiger partial charge is 0.336 e. The Labute approximate surface area is 190 Å². The third-order valence-electron chi connectivity index (χ3n) is 6.36. The van der Waals surface area contributed by atoms with Crippen molar-refractivity contribution in [3.8, 4) is 11.3 Å². The Balaban J connectivity index is 1.94. The molecule has 2 aromatic heterocycles. The summed E-state index contributed by atoms with van der Waals surface area (Å²) in [7, 11) is 0. The van der Waals surface area contributed by atoms with Gasteiger partial charge in [-0.05, 0) is 36.5 Å². The molecule has 0 saturated heterocycles. The molecule has 0 aliphatic rings. The maximum Gasteiger partial charge on any atom is 0.336 e. The van der Waals surface area contributed by atoms with Crippen LogP contribution in [0.3, 0.4) is 0 Å². The van der Waals surface area contributed by atoms with Gasteiger partial charge in [-0.3, -0.25) is 0 Å². The molecule has 2 aromatic carbocycles. The average Bonchev–Trinajstić information content (AvgIpc) is 3.25. The number of aryl methyl sites for hydroxylation is 1. The molecule has 0 bridgehead atoms. The topological polar surface area (TPSA) is 46.0 Å². The lowest BCUT2D eigenvalue weighted by Crippen LogP contribution is -2.12. The highest BCUT2D eigenvalue weighted by molar-refractivity contribution is 5.84. The van der Waals surface area contributed by atoms with E-state index >= 15 is 0 Å². The molecule has 0 aliphatic heterocycles. The van der Waals surface area contributed by atoms with Gasteiger partial charge in [-0.25, -0.2) is 4.79 Å². The zero-order chi connectivity index (χ0) is 22.3. The predicted octanol–water partition coefficient (Wildman–Crippen LogP) is 7.84. The molecule has 1 unspecified atom stereocenters. The summed E-state index contributed by atoms with van der Waals surface area (Å²) in [5.74, 6) is 0.901. The molecule has 2 heterocycles. The van der Waals surface area contributed by atoms with E-state index in [1.165, 1.54) is 16.5 Å². The van der Waals surface area contributed by atoms with E-state index in [0.717, 1.165) is 67.3 Å². The third kappa shape index (κ3) is 4.72. The van der Waals surface area contributed by atoms with Crippen LogP contribution < -0.4 is 5.63 Å². The summed E-state index contributed by atoms with van der Waals surface area (Å²) in [6, 6.07) is 20.3. The third-order valence-corrected chi connectivity index (χ3v) is 6.36. The first-order valence-electron chi connectivity index (χ1n) is 12.0. The standard InChI is InChI=1S/C29H33NO2/c1-3-5-8-15-22-19-27(31)32-29(21-13-9-7-10-14-21)28(22)24(16-6-4-2)25-20-30-26-18-12-11-17-23(25)26/h7,9-14,17-20,24,30H,3-6,8,15-16H2,1-2H3. The minimum atomic E-state index is -0.257. The molecule has 4 rings (SSSR count). The van der Waals surface area contributed by atoms with Crippen LogP contribution in [0.25, 0.3) is 22.2 Å². The Bertz CT molecular complexity index is 1200. The van der Waals surface area contributed by atoms with Gasteiger partial charge in [-0.1, -0.05) is 88.1 Å². The second-order valence-electron chi connectivity index (χ2n) is 8.64. The number of rotatable bonds is 10. The zero-order valence-corrected chi connectivity index (χ0v) is 19.2. The van der Waals surface area contributed by atoms with Crippen LogP contribution in [0.2, 0.25) is 0 Å². The summed E-state index contributed by atoms with van der Waals surface area (Å²) in [6.45, 7) is 4.45. The molecule has 0 saturated carbocycles. The lowest BCUT2D eigenvalue weighted by atomic mass is 9.81. The van der Waals surface area contributed by atoms with Crippen LogP contribution >= 0.6 is 0 Å². The van der Waals surface area contributed by atoms with E-state index in [0.29, 0.717) is 0 Å². The fourth-order valence-electron chi connectivity index (χ4n) is 4.76. The summed E-state index contributed by atoms with van der Waals surface area (Å²) >= 11 is 0. The van der Waals surface area contributed by atoms with Crippen molar-refractivity contribution in [3.05, 3.63) is 94.0 Å². The fourth-order valence-corrected chi connectivity index (χ4v) is 4.76. The van der Waals surface area contributed by atoms with E-state index in [-0.39, 0.29) is 11.5 Å². The molecule has 0 radical (unpaired) electrons. The molecule has 3 heteroatoms. The van der Waals surface area contributed by atoms with Crippen molar-refractivity contribution in [2.45, 2.75) is 64.7 Å². The fraction of sp³-hybridized carbons (Fsp3) is 0.345. The van der Waals surface area contributed by atoms with Crippen molar-refractivity contribution < 1.29 is 4.42 Å². The first-order chi connectivity index (χ1) is 15.7. The highest BCUT2D eigenvalue weighted by Gasteiger charge is 2.26. The Kier molecular flexibility index (Phi) is 7.26. The molecular formula is C29H33NO2. The number of hydrogen-bond donors (Lipinski definition) is 1. The molecule has 1 atom stereocenters. The molecule has 4 aromatic rings. The summed E-state index contributed by atoms with van der Waals surface area (Å²) in [6.07, 6.45) is 9.72. The van der Waals surface area contributed by atoms with E-state index in [1.807, 2.05) is 30.3 Å². The summed E-state index contributed by atoms with van der Waals surface area (Å²) in [5, 5.41) is 1.25. The summed E-state index contributed by atoms with van der Waals surface area (Å²) in [4.78, 5) is 16.1. The Morgan fingerprint density at radius 1 is 0.906 bits per heavy atom. The quantitative estimate of drug-likeness (QED) is 0.262. The van der Waals surface area contributed by atoms with Gasteiger partial charge in [0, 0.05) is 40.2 Å². The van der Waals surface area contributed by atoms with E-state index in [9.17, 15) is 4.79 Å². The highest BCUT2D eigenvalue weighted by atomic mass is 16.4. The normalized spacial score (nSPS) is 12.3. The SMILES string of the molecule is CCCCCc1cc(=O)oc(-c2ccccc2)c1C(CCCC)c1c[nH]c2ccccc12. The van der Waals surface area contributed by atoms with Gasteiger partial charge in [0.05, 0.1) is 0 Å². The molecular weight excluding hydrogens is 394 g/mol. The van der Waals surface area contributed by atoms with Gasteiger partial charge in [0.2, 0.25) is 0 Å². The number of aromatic nitrogens is 1. The second-order valence-corrected chi connectivity index (χ2v) is 8.64. The minimum absolute atomic E-state index is 0.169. The Hall–Kier alpha value is -3.07. The van der Waals surface area contributed by atoms with Gasteiger partial charge < -0.3 is 9.40 Å². The maximum atomic E-state index is 12.6. The number of hydrogen-bond acceptors (Lipinski definition) is 2. The minimum Gasteiger partial charge on any atom is -0.422 e. The van der Waals surface area contributed by atoms with Crippen molar-refractivity contribution >= 4 is 10.9 Å². The number of H-pyrrole nitrogens is 1. The predicted molar refractivity (Wildman–Crippen MR) is 133 cm³/mol. The van der Waals surface area contributed by atoms with Crippen LogP contribution in [0.15, 0.2) is 76.1 Å². The molecule has 0 aliphatic carbocycles. The summed E-state index contributed by atoms with van der Waals surface area (Å²) in [5.41, 5.74) is 5.47. The number of fused-ring (bicyclic) bond motifs is 1. The van der Waals surface area contributed by atoms with Crippen LogP contribution in [0.4, 0.5) is 0 Å². The zero-order valence-electron chi connectivity index (χ0n) is 19.2. The van der Waals surface area contributed by atoms with Crippen LogP contribution in [0.1, 0.15) is 75.0 Å². The van der Waals surface area contributed by atoms with Gasteiger partial charge >= 0.3 is 5.63 Å². The van der Waals surface area contributed by atoms with Gasteiger partial charge in [0.15, 0.2) is 0 Å². The molecule has 0 fully saturated rings. The van der Waals surface area contributed by atoms with Crippen LogP contribution in [-0.4, -0.2) is 4.98 Å². The largest absolute Gasteiger partial charge is 0.422 e. The Morgan fingerprint density at radius 3 is 2.44 bits per heavy atom.